The first kappa shape index (κ1) is 30.7. The summed E-state index contributed by atoms with van der Waals surface area (Å²) in [4.78, 5) is 39.7. The predicted octanol–water partition coefficient (Wildman–Crippen LogP) is 0.232. The third-order valence-electron chi connectivity index (χ3n) is 4.41. The number of aliphatic hydroxyl groups excluding tert-OH is 5. The highest BCUT2D eigenvalue weighted by atomic mass is 127. The Labute approximate surface area is 231 Å². The molecule has 0 aliphatic heterocycles. The molecule has 1 rings (SSSR count). The van der Waals surface area contributed by atoms with Crippen LogP contribution in [0.1, 0.15) is 20.8 Å². The molecule has 3 amide bonds. The zero-order chi connectivity index (χ0) is 25.6. The van der Waals surface area contributed by atoms with Crippen LogP contribution in [0.2, 0.25) is 0 Å². The third-order valence-corrected chi connectivity index (χ3v) is 7.53. The Morgan fingerprint density at radius 1 is 0.818 bits per heavy atom. The number of hydrogen-bond acceptors (Lipinski definition) is 8. The number of nitrogens with zero attached hydrogens (tertiary/aromatic N) is 2. The fraction of sp³-hybridized carbons (Fsp3) is 0.526. The van der Waals surface area contributed by atoms with Gasteiger partial charge in [0.25, 0.3) is 5.91 Å². The second-order valence-electron chi connectivity index (χ2n) is 7.11. The molecule has 0 aliphatic carbocycles. The molecule has 0 spiro atoms. The summed E-state index contributed by atoms with van der Waals surface area (Å²) >= 11 is 5.74. The molecule has 3 unspecified atom stereocenters. The van der Waals surface area contributed by atoms with E-state index in [1.54, 1.807) is 0 Å². The molecule has 0 saturated carbocycles. The smallest absolute Gasteiger partial charge is 0.252 e. The van der Waals surface area contributed by atoms with Crippen LogP contribution >= 0.6 is 67.8 Å². The summed E-state index contributed by atoms with van der Waals surface area (Å²) in [5.41, 5.74) is 0.733. The summed E-state index contributed by atoms with van der Waals surface area (Å²) in [5, 5.41) is 50.9. The number of carbonyl (C=O) groups is 3. The average molecular weight is 805 g/mol. The Morgan fingerprint density at radius 3 is 1.45 bits per heavy atom. The lowest BCUT2D eigenvalue weighted by Gasteiger charge is -2.32. The number of carbonyl (C=O) groups excluding carboxylic acids is 3. The van der Waals surface area contributed by atoms with E-state index in [0.29, 0.717) is 10.7 Å². The quantitative estimate of drug-likeness (QED) is 0.183. The van der Waals surface area contributed by atoms with E-state index in [9.17, 15) is 39.9 Å². The number of benzene rings is 1. The number of rotatable bonds is 10. The van der Waals surface area contributed by atoms with Crippen molar-refractivity contribution in [2.24, 2.45) is 0 Å². The van der Waals surface area contributed by atoms with Crippen LogP contribution in [0.4, 0.5) is 17.1 Å². The second kappa shape index (κ2) is 13.6. The molecule has 0 fully saturated rings. The molecule has 0 heterocycles. The zero-order valence-electron chi connectivity index (χ0n) is 18.0. The molecule has 33 heavy (non-hydrogen) atoms. The van der Waals surface area contributed by atoms with Crippen molar-refractivity contribution in [3.05, 3.63) is 10.7 Å². The van der Waals surface area contributed by atoms with Gasteiger partial charge in [0, 0.05) is 13.8 Å². The van der Waals surface area contributed by atoms with E-state index in [4.69, 9.17) is 0 Å². The Morgan fingerprint density at radius 2 is 1.18 bits per heavy atom. The Balaban J connectivity index is 3.97. The molecule has 0 aliphatic rings. The predicted molar refractivity (Wildman–Crippen MR) is 147 cm³/mol. The molecule has 1 aromatic carbocycles. The van der Waals surface area contributed by atoms with Crippen LogP contribution in [0.5, 0.6) is 0 Å². The van der Waals surface area contributed by atoms with Gasteiger partial charge in [0.2, 0.25) is 11.8 Å². The van der Waals surface area contributed by atoms with Crippen LogP contribution in [0, 0.1) is 10.7 Å². The van der Waals surface area contributed by atoms with Gasteiger partial charge in [-0.1, -0.05) is 0 Å². The van der Waals surface area contributed by atoms with Crippen LogP contribution in [0.15, 0.2) is 0 Å². The van der Waals surface area contributed by atoms with Crippen molar-refractivity contribution < 1.29 is 39.9 Å². The van der Waals surface area contributed by atoms with E-state index in [1.807, 2.05) is 67.8 Å². The fourth-order valence-corrected chi connectivity index (χ4v) is 7.34. The van der Waals surface area contributed by atoms with E-state index in [2.05, 4.69) is 5.32 Å². The van der Waals surface area contributed by atoms with E-state index >= 15 is 0 Å². The second-order valence-corrected chi connectivity index (χ2v) is 10.3. The Hall–Kier alpha value is -0.380. The first-order valence-corrected chi connectivity index (χ1v) is 12.8. The van der Waals surface area contributed by atoms with Crippen molar-refractivity contribution in [1.29, 1.82) is 0 Å². The molecule has 186 valence electrons. The average Bonchev–Trinajstić information content (AvgIpc) is 2.74. The van der Waals surface area contributed by atoms with E-state index in [0.717, 1.165) is 0 Å². The molecular formula is C19H26I3N3O8. The SMILES string of the molecule is CC(=O)N(CC(O)CO)c1c(I)c(NC(=O)C(C)O)c(I)c(N(CC(O)CO)C(C)=O)c1I. The molecule has 0 bridgehead atoms. The highest BCUT2D eigenvalue weighted by Gasteiger charge is 2.32. The minimum Gasteiger partial charge on any atom is -0.394 e. The van der Waals surface area contributed by atoms with Crippen molar-refractivity contribution in [2.75, 3.05) is 41.4 Å². The summed E-state index contributed by atoms with van der Waals surface area (Å²) in [6.45, 7) is 2.09. The van der Waals surface area contributed by atoms with Crippen LogP contribution in [0.25, 0.3) is 0 Å². The number of halogens is 3. The van der Waals surface area contributed by atoms with Crippen LogP contribution in [0.3, 0.4) is 0 Å². The summed E-state index contributed by atoms with van der Waals surface area (Å²) in [6.07, 6.45) is -3.85. The zero-order valence-corrected chi connectivity index (χ0v) is 24.5. The van der Waals surface area contributed by atoms with Crippen molar-refractivity contribution in [3.8, 4) is 0 Å². The fourth-order valence-electron chi connectivity index (χ4n) is 2.74. The number of nitrogens with one attached hydrogen (secondary N) is 1. The molecule has 0 saturated heterocycles. The van der Waals surface area contributed by atoms with Gasteiger partial charge in [0.05, 0.1) is 66.3 Å². The maximum atomic E-state index is 12.5. The lowest BCUT2D eigenvalue weighted by atomic mass is 10.1. The van der Waals surface area contributed by atoms with Gasteiger partial charge in [-0.05, 0) is 74.7 Å². The number of hydrogen-bond donors (Lipinski definition) is 6. The summed E-state index contributed by atoms with van der Waals surface area (Å²) in [5.74, 6) is -1.66. The van der Waals surface area contributed by atoms with Gasteiger partial charge in [0.15, 0.2) is 0 Å². The number of amides is 3. The minimum absolute atomic E-state index is 0.210. The monoisotopic (exact) mass is 805 g/mol. The normalized spacial score (nSPS) is 13.8. The maximum absolute atomic E-state index is 12.5. The number of anilines is 3. The lowest BCUT2D eigenvalue weighted by molar-refractivity contribution is -0.123. The molecule has 11 nitrogen and oxygen atoms in total. The van der Waals surface area contributed by atoms with Gasteiger partial charge in [0.1, 0.15) is 6.10 Å². The summed E-state index contributed by atoms with van der Waals surface area (Å²) in [7, 11) is 0. The molecular weight excluding hydrogens is 779 g/mol. The van der Waals surface area contributed by atoms with Crippen molar-refractivity contribution >= 4 is 103 Å². The van der Waals surface area contributed by atoms with Crippen LogP contribution in [-0.2, 0) is 14.4 Å². The largest absolute Gasteiger partial charge is 0.394 e. The van der Waals surface area contributed by atoms with E-state index < -0.39 is 49.2 Å². The van der Waals surface area contributed by atoms with Gasteiger partial charge in [-0.3, -0.25) is 14.4 Å². The Kier molecular flexibility index (Phi) is 12.7. The number of aliphatic hydroxyl groups is 5. The first-order chi connectivity index (χ1) is 15.3. The standard InChI is InChI=1S/C19H26I3N3O8/c1-8(28)19(33)23-16-13(20)17(24(9(2)29)4-11(31)6-26)15(22)18(14(16)21)25(10(3)30)5-12(32)7-27/h8,11-12,26-28,31-32H,4-7H2,1-3H3,(H,23,33). The van der Waals surface area contributed by atoms with E-state index in [-0.39, 0.29) is 30.2 Å². The highest BCUT2D eigenvalue weighted by molar-refractivity contribution is 14.1. The Bertz CT molecular complexity index is 843. The molecule has 3 atom stereocenters. The van der Waals surface area contributed by atoms with Crippen LogP contribution < -0.4 is 15.1 Å². The molecule has 6 N–H and O–H groups in total. The van der Waals surface area contributed by atoms with Crippen molar-refractivity contribution in [3.63, 3.8) is 0 Å². The third kappa shape index (κ3) is 7.80. The van der Waals surface area contributed by atoms with Gasteiger partial charge in [-0.25, -0.2) is 0 Å². The molecule has 0 aromatic heterocycles. The van der Waals surface area contributed by atoms with E-state index in [1.165, 1.54) is 30.6 Å². The van der Waals surface area contributed by atoms with Crippen molar-refractivity contribution in [2.45, 2.75) is 39.1 Å². The molecule has 0 radical (unpaired) electrons. The van der Waals surface area contributed by atoms with Gasteiger partial charge >= 0.3 is 0 Å². The van der Waals surface area contributed by atoms with Crippen LogP contribution in [-0.4, -0.2) is 87.9 Å². The lowest BCUT2D eigenvalue weighted by Crippen LogP contribution is -2.41. The summed E-state index contributed by atoms with van der Waals surface area (Å²) in [6, 6.07) is 0. The van der Waals surface area contributed by atoms with Gasteiger partial charge in [-0.2, -0.15) is 0 Å². The summed E-state index contributed by atoms with van der Waals surface area (Å²) < 4.78 is 1.19. The van der Waals surface area contributed by atoms with Crippen molar-refractivity contribution in [1.82, 2.24) is 0 Å². The topological polar surface area (TPSA) is 171 Å². The van der Waals surface area contributed by atoms with Gasteiger partial charge in [-0.15, -0.1) is 0 Å². The highest BCUT2D eigenvalue weighted by Crippen LogP contribution is 2.45. The molecule has 1 aromatic rings. The van der Waals surface area contributed by atoms with Gasteiger partial charge < -0.3 is 40.6 Å². The minimum atomic E-state index is -1.34. The first-order valence-electron chi connectivity index (χ1n) is 9.61. The molecule has 14 heteroatoms. The maximum Gasteiger partial charge on any atom is 0.252 e.